The molecule has 0 saturated heterocycles. The van der Waals surface area contributed by atoms with E-state index in [0.717, 1.165) is 6.07 Å². The third-order valence-electron chi connectivity index (χ3n) is 2.31. The Morgan fingerprint density at radius 1 is 1.24 bits per heavy atom. The summed E-state index contributed by atoms with van der Waals surface area (Å²) in [5, 5.41) is 23.7. The first-order chi connectivity index (χ1) is 7.65. The number of nitroso groups, excluding NO2 is 1. The Bertz CT molecular complexity index is 597. The normalized spacial score (nSPS) is 9.65. The smallest absolute Gasteiger partial charge is 0.545 e. The van der Waals surface area contributed by atoms with Gasteiger partial charge in [0.25, 0.3) is 0 Å². The van der Waals surface area contributed by atoms with Crippen LogP contribution in [0.1, 0.15) is 10.4 Å². The van der Waals surface area contributed by atoms with E-state index in [1.807, 2.05) is 0 Å². The van der Waals surface area contributed by atoms with Crippen LogP contribution < -0.4 is 34.7 Å². The van der Waals surface area contributed by atoms with Gasteiger partial charge in [0.1, 0.15) is 11.4 Å². The van der Waals surface area contributed by atoms with Crippen LogP contribution in [0.5, 0.6) is 5.75 Å². The summed E-state index contributed by atoms with van der Waals surface area (Å²) in [6, 6.07) is 7.33. The quantitative estimate of drug-likeness (QED) is 0.500. The topological polar surface area (TPSA) is 89.8 Å². The first-order valence-corrected chi connectivity index (χ1v) is 4.44. The minimum atomic E-state index is -1.55. The predicted octanol–water partition coefficient (Wildman–Crippen LogP) is -1.69. The number of carboxylic acid groups (broad SMARTS) is 1. The summed E-state index contributed by atoms with van der Waals surface area (Å²) in [5.74, 6) is -1.77. The van der Waals surface area contributed by atoms with Gasteiger partial charge < -0.3 is 15.0 Å². The zero-order valence-electron chi connectivity index (χ0n) is 9.01. The van der Waals surface area contributed by atoms with Crippen LogP contribution >= 0.6 is 0 Å². The second-order valence-electron chi connectivity index (χ2n) is 3.22. The van der Waals surface area contributed by atoms with Crippen molar-refractivity contribution >= 4 is 22.4 Å². The molecule has 0 amide bonds. The molecule has 0 unspecified atom stereocenters. The number of carbonyl (C=O) groups excluding carboxylic acids is 1. The number of carboxylic acids is 1. The summed E-state index contributed by atoms with van der Waals surface area (Å²) in [6.07, 6.45) is 0. The molecule has 0 heterocycles. The van der Waals surface area contributed by atoms with Crippen LogP contribution in [0.4, 0.5) is 5.69 Å². The number of rotatable bonds is 2. The van der Waals surface area contributed by atoms with Crippen molar-refractivity contribution in [3.8, 4) is 5.75 Å². The van der Waals surface area contributed by atoms with E-state index < -0.39 is 11.5 Å². The van der Waals surface area contributed by atoms with E-state index in [0.29, 0.717) is 5.39 Å². The average molecular weight is 239 g/mol. The Morgan fingerprint density at radius 2 is 1.82 bits per heavy atom. The molecule has 0 aromatic heterocycles. The van der Waals surface area contributed by atoms with Crippen molar-refractivity contribution in [3.63, 3.8) is 0 Å². The standard InChI is InChI=1S/C11H7NO4.Na/c13-9-5-8(11(14)15)10(12-16)7-4-2-1-3-6(7)9;/h1-5,13H,(H,14,15);/q;+1/p-1. The fourth-order valence-corrected chi connectivity index (χ4v) is 1.59. The number of benzene rings is 2. The number of hydrogen-bond donors (Lipinski definition) is 1. The summed E-state index contributed by atoms with van der Waals surface area (Å²) in [4.78, 5) is 21.4. The summed E-state index contributed by atoms with van der Waals surface area (Å²) >= 11 is 0. The number of phenolic OH excluding ortho intramolecular Hbond substituents is 1. The Balaban J connectivity index is 0.00000144. The second-order valence-corrected chi connectivity index (χ2v) is 3.22. The van der Waals surface area contributed by atoms with Crippen molar-refractivity contribution in [1.82, 2.24) is 0 Å². The van der Waals surface area contributed by atoms with E-state index in [2.05, 4.69) is 5.18 Å². The SMILES string of the molecule is O=Nc1c(C(=O)[O-])cc(O)c2ccccc12.[Na+]. The Labute approximate surface area is 118 Å². The van der Waals surface area contributed by atoms with Crippen molar-refractivity contribution in [2.45, 2.75) is 0 Å². The predicted molar refractivity (Wildman–Crippen MR) is 55.4 cm³/mol. The van der Waals surface area contributed by atoms with Crippen LogP contribution in [0.15, 0.2) is 35.5 Å². The van der Waals surface area contributed by atoms with Crippen molar-refractivity contribution in [1.29, 1.82) is 0 Å². The van der Waals surface area contributed by atoms with Gasteiger partial charge in [0.15, 0.2) is 0 Å². The number of phenols is 1. The maximum atomic E-state index is 10.8. The van der Waals surface area contributed by atoms with Crippen molar-refractivity contribution in [2.24, 2.45) is 5.18 Å². The zero-order chi connectivity index (χ0) is 11.7. The first kappa shape index (κ1) is 13.6. The molecule has 0 aliphatic carbocycles. The van der Waals surface area contributed by atoms with Crippen molar-refractivity contribution in [2.75, 3.05) is 0 Å². The second kappa shape index (κ2) is 5.27. The van der Waals surface area contributed by atoms with E-state index in [1.165, 1.54) is 6.07 Å². The minimum absolute atomic E-state index is 0. The molecule has 0 fully saturated rings. The molecule has 2 aromatic rings. The van der Waals surface area contributed by atoms with E-state index in [4.69, 9.17) is 0 Å². The molecule has 80 valence electrons. The maximum Gasteiger partial charge on any atom is 1.00 e. The molecule has 0 spiro atoms. The maximum absolute atomic E-state index is 10.8. The third-order valence-corrected chi connectivity index (χ3v) is 2.31. The number of nitrogens with zero attached hydrogens (tertiary/aromatic N) is 1. The van der Waals surface area contributed by atoms with Crippen LogP contribution in [0.2, 0.25) is 0 Å². The van der Waals surface area contributed by atoms with Gasteiger partial charge in [0, 0.05) is 16.3 Å². The Kier molecular flexibility index (Phi) is 4.22. The van der Waals surface area contributed by atoms with Crippen LogP contribution in [-0.4, -0.2) is 11.1 Å². The number of hydrogen-bond acceptors (Lipinski definition) is 5. The number of aromatic carboxylic acids is 1. The molecule has 0 aliphatic rings. The van der Waals surface area contributed by atoms with Gasteiger partial charge in [0.05, 0.1) is 5.97 Å². The molecule has 1 N–H and O–H groups in total. The molecule has 0 saturated carbocycles. The van der Waals surface area contributed by atoms with Crippen molar-refractivity contribution in [3.05, 3.63) is 40.8 Å². The fourth-order valence-electron chi connectivity index (χ4n) is 1.59. The zero-order valence-corrected chi connectivity index (χ0v) is 11.0. The molecule has 2 aromatic carbocycles. The van der Waals surface area contributed by atoms with Gasteiger partial charge in [-0.15, -0.1) is 4.91 Å². The fraction of sp³-hybridized carbons (Fsp3) is 0. The molecule has 2 rings (SSSR count). The number of aromatic hydroxyl groups is 1. The van der Waals surface area contributed by atoms with Gasteiger partial charge in [-0.2, -0.15) is 0 Å². The van der Waals surface area contributed by atoms with Crippen LogP contribution in [0.25, 0.3) is 10.8 Å². The monoisotopic (exact) mass is 239 g/mol. The summed E-state index contributed by atoms with van der Waals surface area (Å²) in [7, 11) is 0. The van der Waals surface area contributed by atoms with Crippen LogP contribution in [-0.2, 0) is 0 Å². The van der Waals surface area contributed by atoms with E-state index in [9.17, 15) is 19.9 Å². The van der Waals surface area contributed by atoms with Crippen LogP contribution in [0.3, 0.4) is 0 Å². The summed E-state index contributed by atoms with van der Waals surface area (Å²) in [6.45, 7) is 0. The number of fused-ring (bicyclic) bond motifs is 1. The molecule has 17 heavy (non-hydrogen) atoms. The van der Waals surface area contributed by atoms with E-state index in [-0.39, 0.29) is 46.4 Å². The minimum Gasteiger partial charge on any atom is -0.545 e. The van der Waals surface area contributed by atoms with Gasteiger partial charge in [-0.3, -0.25) is 0 Å². The molecule has 0 radical (unpaired) electrons. The average Bonchev–Trinajstić information content (AvgIpc) is 2.29. The Morgan fingerprint density at radius 3 is 2.35 bits per heavy atom. The number of carbonyl (C=O) groups is 1. The third kappa shape index (κ3) is 2.31. The molecule has 5 nitrogen and oxygen atoms in total. The molecule has 0 aliphatic heterocycles. The molecular weight excluding hydrogens is 233 g/mol. The molecule has 6 heteroatoms. The molecule has 0 atom stereocenters. The van der Waals surface area contributed by atoms with Crippen molar-refractivity contribution < 1.29 is 44.6 Å². The molecule has 0 bridgehead atoms. The van der Waals surface area contributed by atoms with E-state index >= 15 is 0 Å². The summed E-state index contributed by atoms with van der Waals surface area (Å²) < 4.78 is 0. The Hall–Kier alpha value is -1.43. The van der Waals surface area contributed by atoms with Gasteiger partial charge in [-0.25, -0.2) is 0 Å². The molecular formula is C11H6NNaO4. The van der Waals surface area contributed by atoms with Gasteiger partial charge in [0.2, 0.25) is 0 Å². The largest absolute Gasteiger partial charge is 1.00 e. The summed E-state index contributed by atoms with van der Waals surface area (Å²) in [5.41, 5.74) is -0.639. The van der Waals surface area contributed by atoms with Gasteiger partial charge >= 0.3 is 29.6 Å². The first-order valence-electron chi connectivity index (χ1n) is 4.44. The van der Waals surface area contributed by atoms with Crippen LogP contribution in [0, 0.1) is 4.91 Å². The van der Waals surface area contributed by atoms with E-state index in [1.54, 1.807) is 18.2 Å². The van der Waals surface area contributed by atoms with Gasteiger partial charge in [-0.1, -0.05) is 24.3 Å². The van der Waals surface area contributed by atoms with Gasteiger partial charge in [-0.05, 0) is 11.2 Å².